The van der Waals surface area contributed by atoms with Gasteiger partial charge in [-0.15, -0.1) is 0 Å². The summed E-state index contributed by atoms with van der Waals surface area (Å²) < 4.78 is 2.11. The summed E-state index contributed by atoms with van der Waals surface area (Å²) in [6, 6.07) is 4.74. The summed E-state index contributed by atoms with van der Waals surface area (Å²) in [5.41, 5.74) is 7.59. The number of hydrogen-bond donors (Lipinski definition) is 0. The SMILES string of the molecule is N#CCC(C1CCCC1)n1cc2c(n1)CC1=CCc3nccc-2c31. The van der Waals surface area contributed by atoms with E-state index in [4.69, 9.17) is 5.10 Å². The molecule has 4 heteroatoms. The lowest BCUT2D eigenvalue weighted by Gasteiger charge is -2.21. The molecule has 0 spiro atoms. The molecule has 4 nitrogen and oxygen atoms in total. The molecule has 2 aromatic rings. The minimum absolute atomic E-state index is 0.225. The highest BCUT2D eigenvalue weighted by molar-refractivity contribution is 5.90. The molecule has 3 aliphatic carbocycles. The largest absolute Gasteiger partial charge is 0.267 e. The molecular formula is C20H20N4. The van der Waals surface area contributed by atoms with Gasteiger partial charge < -0.3 is 0 Å². The molecule has 3 aliphatic rings. The third-order valence-electron chi connectivity index (χ3n) is 5.93. The van der Waals surface area contributed by atoms with Gasteiger partial charge in [-0.2, -0.15) is 10.4 Å². The number of allylic oxidation sites excluding steroid dienone is 2. The van der Waals surface area contributed by atoms with Gasteiger partial charge in [0.2, 0.25) is 0 Å². The van der Waals surface area contributed by atoms with E-state index in [2.05, 4.69) is 34.1 Å². The van der Waals surface area contributed by atoms with Gasteiger partial charge in [0, 0.05) is 36.4 Å². The van der Waals surface area contributed by atoms with E-state index >= 15 is 0 Å². The highest BCUT2D eigenvalue weighted by Crippen LogP contribution is 2.44. The number of rotatable bonds is 3. The first-order valence-corrected chi connectivity index (χ1v) is 8.98. The number of aromatic nitrogens is 3. The van der Waals surface area contributed by atoms with Crippen molar-refractivity contribution < 1.29 is 0 Å². The molecule has 120 valence electrons. The molecule has 5 rings (SSSR count). The minimum Gasteiger partial charge on any atom is -0.267 e. The summed E-state index contributed by atoms with van der Waals surface area (Å²) in [4.78, 5) is 4.54. The van der Waals surface area contributed by atoms with Crippen LogP contribution in [0.4, 0.5) is 0 Å². The predicted molar refractivity (Wildman–Crippen MR) is 92.1 cm³/mol. The lowest BCUT2D eigenvalue weighted by Crippen LogP contribution is -2.18. The summed E-state index contributed by atoms with van der Waals surface area (Å²) in [7, 11) is 0. The standard InChI is InChI=1S/C20H20N4/c21-9-7-19(13-3-1-2-4-13)24-12-16-15-8-10-22-17-6-5-14(20(15)17)11-18(16)23-24/h5,8,10,12-13,19H,1-4,6-7,11H2. The van der Waals surface area contributed by atoms with Gasteiger partial charge in [-0.05, 0) is 36.0 Å². The van der Waals surface area contributed by atoms with Crippen LogP contribution in [0.3, 0.4) is 0 Å². The molecule has 0 aromatic carbocycles. The van der Waals surface area contributed by atoms with Crippen LogP contribution in [0.2, 0.25) is 0 Å². The summed E-state index contributed by atoms with van der Waals surface area (Å²) >= 11 is 0. The number of nitrogens with zero attached hydrogens (tertiary/aromatic N) is 4. The van der Waals surface area contributed by atoms with E-state index in [-0.39, 0.29) is 6.04 Å². The number of hydrogen-bond acceptors (Lipinski definition) is 3. The molecule has 0 amide bonds. The molecule has 0 aliphatic heterocycles. The molecule has 1 saturated carbocycles. The zero-order valence-electron chi connectivity index (χ0n) is 13.7. The van der Waals surface area contributed by atoms with Gasteiger partial charge in [0.15, 0.2) is 0 Å². The van der Waals surface area contributed by atoms with Crippen LogP contribution < -0.4 is 0 Å². The Morgan fingerprint density at radius 2 is 2.12 bits per heavy atom. The van der Waals surface area contributed by atoms with Gasteiger partial charge in [-0.25, -0.2) is 0 Å². The Hall–Kier alpha value is -2.41. The first-order chi connectivity index (χ1) is 11.8. The summed E-state index contributed by atoms with van der Waals surface area (Å²) in [6.07, 6.45) is 13.9. The van der Waals surface area contributed by atoms with Crippen molar-refractivity contribution in [3.8, 4) is 17.2 Å². The maximum Gasteiger partial charge on any atom is 0.0747 e. The van der Waals surface area contributed by atoms with E-state index in [1.54, 1.807) is 0 Å². The van der Waals surface area contributed by atoms with Crippen molar-refractivity contribution in [2.24, 2.45) is 5.92 Å². The normalized spacial score (nSPS) is 19.5. The second-order valence-corrected chi connectivity index (χ2v) is 7.23. The van der Waals surface area contributed by atoms with E-state index < -0.39 is 0 Å². The van der Waals surface area contributed by atoms with Gasteiger partial charge >= 0.3 is 0 Å². The number of nitriles is 1. The Morgan fingerprint density at radius 1 is 1.25 bits per heavy atom. The van der Waals surface area contributed by atoms with Crippen molar-refractivity contribution in [1.29, 1.82) is 5.26 Å². The molecule has 2 aromatic heterocycles. The van der Waals surface area contributed by atoms with Crippen LogP contribution in [0, 0.1) is 17.2 Å². The Kier molecular flexibility index (Phi) is 3.09. The molecule has 0 radical (unpaired) electrons. The number of fused-ring (bicyclic) bond motifs is 2. The Bertz CT molecular complexity index is 878. The number of pyridine rings is 1. The lowest BCUT2D eigenvalue weighted by atomic mass is 9.88. The van der Waals surface area contributed by atoms with Gasteiger partial charge in [-0.1, -0.05) is 18.9 Å². The van der Waals surface area contributed by atoms with E-state index in [0.717, 1.165) is 18.5 Å². The first kappa shape index (κ1) is 14.0. The van der Waals surface area contributed by atoms with Crippen molar-refractivity contribution in [3.05, 3.63) is 41.5 Å². The average Bonchev–Trinajstić information content (AvgIpc) is 3.33. The summed E-state index contributed by atoms with van der Waals surface area (Å²) in [5.74, 6) is 0.599. The summed E-state index contributed by atoms with van der Waals surface area (Å²) in [6.45, 7) is 0. The van der Waals surface area contributed by atoms with Crippen LogP contribution in [0.5, 0.6) is 0 Å². The molecule has 0 saturated heterocycles. The second kappa shape index (κ2) is 5.31. The highest BCUT2D eigenvalue weighted by Gasteiger charge is 2.32. The van der Waals surface area contributed by atoms with Crippen LogP contribution in [-0.2, 0) is 12.8 Å². The lowest BCUT2D eigenvalue weighted by molar-refractivity contribution is 0.314. The van der Waals surface area contributed by atoms with Crippen molar-refractivity contribution in [1.82, 2.24) is 14.8 Å². The second-order valence-electron chi connectivity index (χ2n) is 7.23. The maximum absolute atomic E-state index is 9.30. The third kappa shape index (κ3) is 1.97. The topological polar surface area (TPSA) is 54.5 Å². The zero-order chi connectivity index (χ0) is 16.1. The highest BCUT2D eigenvalue weighted by atomic mass is 15.3. The molecule has 1 fully saturated rings. The third-order valence-corrected chi connectivity index (χ3v) is 5.93. The average molecular weight is 316 g/mol. The van der Waals surface area contributed by atoms with Crippen LogP contribution in [-0.4, -0.2) is 14.8 Å². The van der Waals surface area contributed by atoms with Crippen molar-refractivity contribution >= 4 is 5.57 Å². The van der Waals surface area contributed by atoms with Crippen LogP contribution in [0.15, 0.2) is 24.5 Å². The molecule has 24 heavy (non-hydrogen) atoms. The van der Waals surface area contributed by atoms with E-state index in [0.29, 0.717) is 12.3 Å². The van der Waals surface area contributed by atoms with Crippen molar-refractivity contribution in [2.45, 2.75) is 51.0 Å². The summed E-state index contributed by atoms with van der Waals surface area (Å²) in [5, 5.41) is 14.2. The Morgan fingerprint density at radius 3 is 2.96 bits per heavy atom. The Balaban J connectivity index is 1.60. The van der Waals surface area contributed by atoms with E-state index in [1.165, 1.54) is 53.6 Å². The van der Waals surface area contributed by atoms with Gasteiger partial charge in [0.25, 0.3) is 0 Å². The smallest absolute Gasteiger partial charge is 0.0747 e. The molecule has 2 heterocycles. The fourth-order valence-electron chi connectivity index (χ4n) is 4.77. The van der Waals surface area contributed by atoms with E-state index in [1.807, 2.05) is 6.20 Å². The maximum atomic E-state index is 9.30. The van der Waals surface area contributed by atoms with Crippen LogP contribution in [0.1, 0.15) is 55.1 Å². The monoisotopic (exact) mass is 316 g/mol. The molecule has 0 bridgehead atoms. The first-order valence-electron chi connectivity index (χ1n) is 8.98. The molecule has 1 atom stereocenters. The predicted octanol–water partition coefficient (Wildman–Crippen LogP) is 4.09. The fraction of sp³-hybridized carbons (Fsp3) is 0.450. The van der Waals surface area contributed by atoms with Crippen molar-refractivity contribution in [3.63, 3.8) is 0 Å². The molecule has 1 unspecified atom stereocenters. The van der Waals surface area contributed by atoms with Gasteiger partial charge in [0.1, 0.15) is 0 Å². The zero-order valence-corrected chi connectivity index (χ0v) is 13.7. The van der Waals surface area contributed by atoms with Crippen LogP contribution in [0.25, 0.3) is 16.7 Å². The molecular weight excluding hydrogens is 296 g/mol. The molecule has 0 N–H and O–H groups in total. The quantitative estimate of drug-likeness (QED) is 0.857. The Labute approximate surface area is 141 Å². The minimum atomic E-state index is 0.225. The van der Waals surface area contributed by atoms with Crippen molar-refractivity contribution in [2.75, 3.05) is 0 Å². The fourth-order valence-corrected chi connectivity index (χ4v) is 4.77. The van der Waals surface area contributed by atoms with Gasteiger partial charge in [-0.3, -0.25) is 9.67 Å². The van der Waals surface area contributed by atoms with Crippen LogP contribution >= 0.6 is 0 Å². The van der Waals surface area contributed by atoms with E-state index in [9.17, 15) is 5.26 Å². The van der Waals surface area contributed by atoms with Gasteiger partial charge in [0.05, 0.1) is 29.9 Å².